The summed E-state index contributed by atoms with van der Waals surface area (Å²) < 4.78 is 5.82. The number of benzene rings is 1. The molecule has 0 atom stereocenters. The number of hydrogen-bond donors (Lipinski definition) is 1. The summed E-state index contributed by atoms with van der Waals surface area (Å²) in [6.07, 6.45) is 1.45. The van der Waals surface area contributed by atoms with Crippen LogP contribution >= 0.6 is 15.9 Å². The van der Waals surface area contributed by atoms with Gasteiger partial charge < -0.3 is 9.84 Å². The van der Waals surface area contributed by atoms with Crippen LogP contribution in [0.15, 0.2) is 22.8 Å². The monoisotopic (exact) mass is 323 g/mol. The van der Waals surface area contributed by atoms with E-state index in [4.69, 9.17) is 4.74 Å². The largest absolute Gasteiger partial charge is 0.462 e. The van der Waals surface area contributed by atoms with Gasteiger partial charge in [-0.2, -0.15) is 0 Å². The van der Waals surface area contributed by atoms with Crippen LogP contribution in [0.1, 0.15) is 28.4 Å². The van der Waals surface area contributed by atoms with Crippen molar-refractivity contribution >= 4 is 32.8 Å². The van der Waals surface area contributed by atoms with Gasteiger partial charge in [-0.3, -0.25) is 4.98 Å². The Balaban J connectivity index is 2.72. The topological polar surface area (TPSA) is 59.4 Å². The Morgan fingerprint density at radius 3 is 2.84 bits per heavy atom. The second-order valence-electron chi connectivity index (χ2n) is 4.17. The lowest BCUT2D eigenvalue weighted by atomic mass is 10.0. The van der Waals surface area contributed by atoms with Crippen LogP contribution in [0, 0.1) is 6.92 Å². The number of carbonyl (C=O) groups is 1. The summed E-state index contributed by atoms with van der Waals surface area (Å²) >= 11 is 3.44. The number of carbonyl (C=O) groups excluding carboxylic acids is 1. The lowest BCUT2D eigenvalue weighted by Crippen LogP contribution is -2.09. The number of aromatic nitrogens is 1. The van der Waals surface area contributed by atoms with Crippen molar-refractivity contribution in [1.29, 1.82) is 0 Å². The van der Waals surface area contributed by atoms with E-state index in [2.05, 4.69) is 20.9 Å². The summed E-state index contributed by atoms with van der Waals surface area (Å²) in [7, 11) is 0. The molecule has 0 bridgehead atoms. The smallest absolute Gasteiger partial charge is 0.340 e. The number of hydrogen-bond acceptors (Lipinski definition) is 4. The van der Waals surface area contributed by atoms with E-state index in [-0.39, 0.29) is 6.61 Å². The van der Waals surface area contributed by atoms with Gasteiger partial charge in [-0.15, -0.1) is 0 Å². The molecule has 100 valence electrons. The Morgan fingerprint density at radius 2 is 2.21 bits per heavy atom. The van der Waals surface area contributed by atoms with Crippen LogP contribution < -0.4 is 0 Å². The van der Waals surface area contributed by atoms with Crippen molar-refractivity contribution < 1.29 is 14.6 Å². The van der Waals surface area contributed by atoms with Crippen molar-refractivity contribution in [1.82, 2.24) is 4.98 Å². The van der Waals surface area contributed by atoms with E-state index >= 15 is 0 Å². The van der Waals surface area contributed by atoms with Crippen LogP contribution in [0.4, 0.5) is 0 Å². The average Bonchev–Trinajstić information content (AvgIpc) is 2.37. The minimum Gasteiger partial charge on any atom is -0.462 e. The zero-order valence-electron chi connectivity index (χ0n) is 10.7. The molecule has 0 amide bonds. The minimum atomic E-state index is -0.460. The van der Waals surface area contributed by atoms with E-state index < -0.39 is 5.97 Å². The third kappa shape index (κ3) is 2.62. The molecule has 0 fully saturated rings. The molecule has 1 aromatic carbocycles. The molecule has 0 radical (unpaired) electrons. The van der Waals surface area contributed by atoms with Gasteiger partial charge in [-0.1, -0.05) is 0 Å². The van der Waals surface area contributed by atoms with Gasteiger partial charge in [0.2, 0.25) is 0 Å². The maximum absolute atomic E-state index is 11.9. The molecular weight excluding hydrogens is 310 g/mol. The molecule has 2 aromatic rings. The standard InChI is InChI=1S/C14H14BrNO3/c1-3-19-14(18)10-6-16-13-9(11(10)7-17)4-8(2)5-12(13)15/h4-6,17H,3,7H2,1-2H3. The third-order valence-corrected chi connectivity index (χ3v) is 3.44. The second-order valence-corrected chi connectivity index (χ2v) is 5.03. The molecule has 1 N–H and O–H groups in total. The fourth-order valence-electron chi connectivity index (χ4n) is 2.00. The summed E-state index contributed by atoms with van der Waals surface area (Å²) in [4.78, 5) is 16.1. The van der Waals surface area contributed by atoms with E-state index in [1.165, 1.54) is 6.20 Å². The Labute approximate surface area is 119 Å². The van der Waals surface area contributed by atoms with Gasteiger partial charge in [0, 0.05) is 21.6 Å². The van der Waals surface area contributed by atoms with Crippen molar-refractivity contribution in [2.75, 3.05) is 6.61 Å². The molecule has 2 rings (SSSR count). The number of nitrogens with zero attached hydrogens (tertiary/aromatic N) is 1. The molecular formula is C14H14BrNO3. The fourth-order valence-corrected chi connectivity index (χ4v) is 2.68. The van der Waals surface area contributed by atoms with Gasteiger partial charge in [0.15, 0.2) is 0 Å². The van der Waals surface area contributed by atoms with E-state index in [1.807, 2.05) is 19.1 Å². The zero-order chi connectivity index (χ0) is 14.0. The summed E-state index contributed by atoms with van der Waals surface area (Å²) in [5.74, 6) is -0.460. The SMILES string of the molecule is CCOC(=O)c1cnc2c(Br)cc(C)cc2c1CO. The van der Waals surface area contributed by atoms with Crippen LogP contribution in [0.2, 0.25) is 0 Å². The summed E-state index contributed by atoms with van der Waals surface area (Å²) in [5.41, 5.74) is 2.61. The number of esters is 1. The lowest BCUT2D eigenvalue weighted by molar-refractivity contribution is 0.0522. The Morgan fingerprint density at radius 1 is 1.47 bits per heavy atom. The van der Waals surface area contributed by atoms with Crippen molar-refractivity contribution in [3.63, 3.8) is 0 Å². The predicted molar refractivity (Wildman–Crippen MR) is 76.1 cm³/mol. The summed E-state index contributed by atoms with van der Waals surface area (Å²) in [6, 6.07) is 3.85. The van der Waals surface area contributed by atoms with Gasteiger partial charge >= 0.3 is 5.97 Å². The van der Waals surface area contributed by atoms with Gasteiger partial charge in [0.1, 0.15) is 0 Å². The van der Waals surface area contributed by atoms with E-state index in [1.54, 1.807) is 6.92 Å². The molecule has 1 aromatic heterocycles. The normalized spacial score (nSPS) is 10.7. The van der Waals surface area contributed by atoms with Gasteiger partial charge in [-0.25, -0.2) is 4.79 Å². The highest BCUT2D eigenvalue weighted by atomic mass is 79.9. The first-order chi connectivity index (χ1) is 9.08. The van der Waals surface area contributed by atoms with Crippen molar-refractivity contribution in [3.8, 4) is 0 Å². The molecule has 5 heteroatoms. The van der Waals surface area contributed by atoms with Crippen LogP contribution in [0.3, 0.4) is 0 Å². The maximum atomic E-state index is 11.9. The predicted octanol–water partition coefficient (Wildman–Crippen LogP) is 2.97. The number of aryl methyl sites for hydroxylation is 1. The van der Waals surface area contributed by atoms with Gasteiger partial charge in [0.05, 0.1) is 24.3 Å². The van der Waals surface area contributed by atoms with Crippen LogP contribution in [0.25, 0.3) is 10.9 Å². The number of fused-ring (bicyclic) bond motifs is 1. The van der Waals surface area contributed by atoms with Crippen LogP contribution in [-0.4, -0.2) is 22.7 Å². The van der Waals surface area contributed by atoms with Crippen LogP contribution in [-0.2, 0) is 11.3 Å². The first-order valence-corrected chi connectivity index (χ1v) is 6.73. The molecule has 0 aliphatic carbocycles. The quantitative estimate of drug-likeness (QED) is 0.882. The van der Waals surface area contributed by atoms with Crippen molar-refractivity contribution in [2.45, 2.75) is 20.5 Å². The van der Waals surface area contributed by atoms with E-state index in [0.29, 0.717) is 17.7 Å². The summed E-state index contributed by atoms with van der Waals surface area (Å²) in [6.45, 7) is 3.75. The third-order valence-electron chi connectivity index (χ3n) is 2.83. The number of aliphatic hydroxyl groups excluding tert-OH is 1. The average molecular weight is 324 g/mol. The number of pyridine rings is 1. The summed E-state index contributed by atoms with van der Waals surface area (Å²) in [5, 5.41) is 10.3. The molecule has 0 spiro atoms. The Bertz CT molecular complexity index is 640. The maximum Gasteiger partial charge on any atom is 0.340 e. The van der Waals surface area contributed by atoms with Crippen molar-refractivity contribution in [3.05, 3.63) is 39.5 Å². The van der Waals surface area contributed by atoms with Gasteiger partial charge in [-0.05, 0) is 47.5 Å². The number of halogens is 1. The van der Waals surface area contributed by atoms with Crippen LogP contribution in [0.5, 0.6) is 0 Å². The first kappa shape index (κ1) is 14.0. The molecule has 0 aliphatic rings. The molecule has 0 saturated carbocycles. The molecule has 1 heterocycles. The molecule has 19 heavy (non-hydrogen) atoms. The Hall–Kier alpha value is -1.46. The van der Waals surface area contributed by atoms with E-state index in [0.717, 1.165) is 20.9 Å². The molecule has 4 nitrogen and oxygen atoms in total. The molecule has 0 aliphatic heterocycles. The fraction of sp³-hybridized carbons (Fsp3) is 0.286. The lowest BCUT2D eigenvalue weighted by Gasteiger charge is -2.11. The number of ether oxygens (including phenoxy) is 1. The first-order valence-electron chi connectivity index (χ1n) is 5.94. The Kier molecular flexibility index (Phi) is 4.17. The molecule has 0 unspecified atom stereocenters. The van der Waals surface area contributed by atoms with E-state index in [9.17, 15) is 9.90 Å². The highest BCUT2D eigenvalue weighted by molar-refractivity contribution is 9.10. The number of rotatable bonds is 3. The molecule has 0 saturated heterocycles. The minimum absolute atomic E-state index is 0.233. The van der Waals surface area contributed by atoms with Crippen molar-refractivity contribution in [2.24, 2.45) is 0 Å². The highest BCUT2D eigenvalue weighted by Gasteiger charge is 2.17. The number of aliphatic hydroxyl groups is 1. The highest BCUT2D eigenvalue weighted by Crippen LogP contribution is 2.28. The second kappa shape index (κ2) is 5.67. The zero-order valence-corrected chi connectivity index (χ0v) is 12.3. The van der Waals surface area contributed by atoms with Gasteiger partial charge in [0.25, 0.3) is 0 Å².